The second-order valence-electron chi connectivity index (χ2n) is 5.79. The van der Waals surface area contributed by atoms with E-state index < -0.39 is 0 Å². The van der Waals surface area contributed by atoms with Gasteiger partial charge in [0.25, 0.3) is 0 Å². The van der Waals surface area contributed by atoms with Gasteiger partial charge < -0.3 is 16.0 Å². The number of aliphatic imine (C=N–C) groups is 1. The molecule has 124 valence electrons. The lowest BCUT2D eigenvalue weighted by Gasteiger charge is -2.30. The molecule has 1 fully saturated rings. The van der Waals surface area contributed by atoms with Crippen molar-refractivity contribution in [2.45, 2.75) is 26.2 Å². The molecule has 1 aliphatic heterocycles. The third kappa shape index (κ3) is 6.96. The van der Waals surface area contributed by atoms with E-state index in [4.69, 9.17) is 5.73 Å². The first-order chi connectivity index (χ1) is 10.3. The molecular weight excluding hydrogens is 387 g/mol. The summed E-state index contributed by atoms with van der Waals surface area (Å²) < 4.78 is 0. The zero-order chi connectivity index (χ0) is 14.9. The van der Waals surface area contributed by atoms with E-state index in [1.807, 2.05) is 6.07 Å². The van der Waals surface area contributed by atoms with Crippen molar-refractivity contribution in [3.05, 3.63) is 35.9 Å². The molecule has 2 rings (SSSR count). The Balaban J connectivity index is 0.00000242. The van der Waals surface area contributed by atoms with Crippen LogP contribution in [0.5, 0.6) is 0 Å². The van der Waals surface area contributed by atoms with E-state index in [0.717, 1.165) is 32.6 Å². The SMILES string of the molecule is CCN1CCCC(CN=C(N)NCCc2ccccc2)C1.I. The topological polar surface area (TPSA) is 53.6 Å². The van der Waals surface area contributed by atoms with Crippen LogP contribution in [-0.4, -0.2) is 43.6 Å². The second kappa shape index (κ2) is 10.8. The fraction of sp³-hybridized carbons (Fsp3) is 0.588. The number of hydrogen-bond acceptors (Lipinski definition) is 2. The van der Waals surface area contributed by atoms with Crippen molar-refractivity contribution in [3.8, 4) is 0 Å². The highest BCUT2D eigenvalue weighted by molar-refractivity contribution is 14.0. The Hall–Kier alpha value is -0.820. The molecule has 0 saturated carbocycles. The number of likely N-dealkylation sites (tertiary alicyclic amines) is 1. The minimum Gasteiger partial charge on any atom is -0.370 e. The smallest absolute Gasteiger partial charge is 0.188 e. The van der Waals surface area contributed by atoms with Gasteiger partial charge in [-0.15, -0.1) is 24.0 Å². The molecule has 0 bridgehead atoms. The summed E-state index contributed by atoms with van der Waals surface area (Å²) in [5, 5.41) is 3.21. The number of halogens is 1. The van der Waals surface area contributed by atoms with E-state index in [-0.39, 0.29) is 24.0 Å². The maximum Gasteiger partial charge on any atom is 0.188 e. The highest BCUT2D eigenvalue weighted by Crippen LogP contribution is 2.16. The van der Waals surface area contributed by atoms with Crippen LogP contribution >= 0.6 is 24.0 Å². The zero-order valence-corrected chi connectivity index (χ0v) is 15.8. The number of benzene rings is 1. The van der Waals surface area contributed by atoms with E-state index in [9.17, 15) is 0 Å². The summed E-state index contributed by atoms with van der Waals surface area (Å²) in [6, 6.07) is 10.4. The lowest BCUT2D eigenvalue weighted by molar-refractivity contribution is 0.186. The van der Waals surface area contributed by atoms with Crippen LogP contribution in [-0.2, 0) is 6.42 Å². The minimum atomic E-state index is 0. The van der Waals surface area contributed by atoms with E-state index >= 15 is 0 Å². The lowest BCUT2D eigenvalue weighted by Crippen LogP contribution is -2.38. The van der Waals surface area contributed by atoms with Gasteiger partial charge in [-0.3, -0.25) is 4.99 Å². The summed E-state index contributed by atoms with van der Waals surface area (Å²) in [7, 11) is 0. The number of nitrogens with two attached hydrogens (primary N) is 1. The summed E-state index contributed by atoms with van der Waals surface area (Å²) in [5.74, 6) is 1.24. The van der Waals surface area contributed by atoms with Gasteiger partial charge in [0.05, 0.1) is 0 Å². The normalized spacial score (nSPS) is 19.5. The standard InChI is InChI=1S/C17H28N4.HI/c1-2-21-12-6-9-16(14-21)13-20-17(18)19-11-10-15-7-4-3-5-8-15;/h3-5,7-8,16H,2,6,9-14H2,1H3,(H3,18,19,20);1H. The van der Waals surface area contributed by atoms with Gasteiger partial charge in [0.1, 0.15) is 0 Å². The monoisotopic (exact) mass is 416 g/mol. The van der Waals surface area contributed by atoms with Crippen molar-refractivity contribution in [2.24, 2.45) is 16.6 Å². The highest BCUT2D eigenvalue weighted by Gasteiger charge is 2.18. The summed E-state index contributed by atoms with van der Waals surface area (Å²) in [5.41, 5.74) is 7.27. The van der Waals surface area contributed by atoms with Crippen LogP contribution in [0.2, 0.25) is 0 Å². The number of guanidine groups is 1. The number of hydrogen-bond donors (Lipinski definition) is 2. The summed E-state index contributed by atoms with van der Waals surface area (Å²) in [4.78, 5) is 7.01. The van der Waals surface area contributed by atoms with Gasteiger partial charge in [0.15, 0.2) is 5.96 Å². The largest absolute Gasteiger partial charge is 0.370 e. The Labute approximate surface area is 151 Å². The van der Waals surface area contributed by atoms with Crippen LogP contribution < -0.4 is 11.1 Å². The van der Waals surface area contributed by atoms with Gasteiger partial charge in [0.2, 0.25) is 0 Å². The molecule has 1 aromatic carbocycles. The molecule has 0 radical (unpaired) electrons. The van der Waals surface area contributed by atoms with Gasteiger partial charge >= 0.3 is 0 Å². The molecule has 1 heterocycles. The molecule has 4 nitrogen and oxygen atoms in total. The molecule has 1 aromatic rings. The third-order valence-electron chi connectivity index (χ3n) is 4.13. The summed E-state index contributed by atoms with van der Waals surface area (Å²) >= 11 is 0. The first-order valence-corrected chi connectivity index (χ1v) is 8.08. The number of nitrogens with one attached hydrogen (secondary N) is 1. The maximum atomic E-state index is 5.95. The fourth-order valence-electron chi connectivity index (χ4n) is 2.85. The average molecular weight is 416 g/mol. The van der Waals surface area contributed by atoms with Crippen LogP contribution in [0.1, 0.15) is 25.3 Å². The summed E-state index contributed by atoms with van der Waals surface area (Å²) in [6.45, 7) is 7.46. The van der Waals surface area contributed by atoms with Crippen molar-refractivity contribution in [1.82, 2.24) is 10.2 Å². The van der Waals surface area contributed by atoms with Crippen molar-refractivity contribution in [3.63, 3.8) is 0 Å². The van der Waals surface area contributed by atoms with Crippen molar-refractivity contribution < 1.29 is 0 Å². The predicted octanol–water partition coefficient (Wildman–Crippen LogP) is 2.48. The second-order valence-corrected chi connectivity index (χ2v) is 5.79. The fourth-order valence-corrected chi connectivity index (χ4v) is 2.85. The molecule has 22 heavy (non-hydrogen) atoms. The number of nitrogens with zero attached hydrogens (tertiary/aromatic N) is 2. The van der Waals surface area contributed by atoms with Crippen LogP contribution in [0.3, 0.4) is 0 Å². The first-order valence-electron chi connectivity index (χ1n) is 8.08. The Bertz CT molecular complexity index is 436. The minimum absolute atomic E-state index is 0. The van der Waals surface area contributed by atoms with Gasteiger partial charge in [-0.05, 0) is 43.8 Å². The average Bonchev–Trinajstić information content (AvgIpc) is 2.54. The van der Waals surface area contributed by atoms with Gasteiger partial charge in [-0.1, -0.05) is 37.3 Å². The van der Waals surface area contributed by atoms with Crippen LogP contribution in [0, 0.1) is 5.92 Å². The van der Waals surface area contributed by atoms with Crippen molar-refractivity contribution in [2.75, 3.05) is 32.7 Å². The molecule has 3 N–H and O–H groups in total. The predicted molar refractivity (Wildman–Crippen MR) is 105 cm³/mol. The molecule has 1 unspecified atom stereocenters. The van der Waals surface area contributed by atoms with Crippen LogP contribution in [0.15, 0.2) is 35.3 Å². The molecule has 5 heteroatoms. The van der Waals surface area contributed by atoms with E-state index in [0.29, 0.717) is 11.9 Å². The molecule has 0 spiro atoms. The van der Waals surface area contributed by atoms with Crippen molar-refractivity contribution in [1.29, 1.82) is 0 Å². The quantitative estimate of drug-likeness (QED) is 0.426. The number of piperidine rings is 1. The Morgan fingerprint density at radius 2 is 2.14 bits per heavy atom. The van der Waals surface area contributed by atoms with Gasteiger partial charge in [-0.25, -0.2) is 0 Å². The third-order valence-corrected chi connectivity index (χ3v) is 4.13. The molecule has 0 amide bonds. The van der Waals surface area contributed by atoms with Crippen LogP contribution in [0.25, 0.3) is 0 Å². The maximum absolute atomic E-state index is 5.95. The molecule has 1 aliphatic rings. The summed E-state index contributed by atoms with van der Waals surface area (Å²) in [6.07, 6.45) is 3.54. The van der Waals surface area contributed by atoms with Crippen LogP contribution in [0.4, 0.5) is 0 Å². The molecular formula is C17H29IN4. The number of rotatable bonds is 6. The Morgan fingerprint density at radius 3 is 2.86 bits per heavy atom. The lowest BCUT2D eigenvalue weighted by atomic mass is 9.98. The molecule has 0 aliphatic carbocycles. The zero-order valence-electron chi connectivity index (χ0n) is 13.5. The Kier molecular flexibility index (Phi) is 9.47. The molecule has 0 aromatic heterocycles. The van der Waals surface area contributed by atoms with Gasteiger partial charge in [-0.2, -0.15) is 0 Å². The molecule has 1 atom stereocenters. The highest BCUT2D eigenvalue weighted by atomic mass is 127. The van der Waals surface area contributed by atoms with Crippen molar-refractivity contribution >= 4 is 29.9 Å². The first kappa shape index (κ1) is 19.2. The van der Waals surface area contributed by atoms with E-state index in [1.165, 1.54) is 24.9 Å². The van der Waals surface area contributed by atoms with Gasteiger partial charge in [0, 0.05) is 19.6 Å². The Morgan fingerprint density at radius 1 is 1.36 bits per heavy atom. The van der Waals surface area contributed by atoms with E-state index in [1.54, 1.807) is 0 Å². The molecule has 1 saturated heterocycles. The van der Waals surface area contributed by atoms with E-state index in [2.05, 4.69) is 46.4 Å².